The quantitative estimate of drug-likeness (QED) is 0.880. The highest BCUT2D eigenvalue weighted by atomic mass is 16.1. The van der Waals surface area contributed by atoms with Crippen molar-refractivity contribution in [3.05, 3.63) is 24.0 Å². The van der Waals surface area contributed by atoms with E-state index in [0.29, 0.717) is 6.42 Å². The molecular weight excluding hydrogens is 224 g/mol. The molecule has 1 amide bonds. The minimum atomic E-state index is 0.131. The van der Waals surface area contributed by atoms with Gasteiger partial charge in [-0.1, -0.05) is 32.1 Å². The fourth-order valence-electron chi connectivity index (χ4n) is 2.66. The van der Waals surface area contributed by atoms with Crippen molar-refractivity contribution in [1.29, 1.82) is 0 Å². The van der Waals surface area contributed by atoms with Gasteiger partial charge in [-0.3, -0.25) is 9.78 Å². The van der Waals surface area contributed by atoms with Gasteiger partial charge in [0.2, 0.25) is 5.91 Å². The zero-order chi connectivity index (χ0) is 12.8. The lowest BCUT2D eigenvalue weighted by Crippen LogP contribution is -2.14. The number of aromatic nitrogens is 1. The van der Waals surface area contributed by atoms with Crippen LogP contribution in [0, 0.1) is 12.8 Å². The van der Waals surface area contributed by atoms with Gasteiger partial charge in [-0.2, -0.15) is 0 Å². The second-order valence-corrected chi connectivity index (χ2v) is 5.28. The number of nitrogens with zero attached hydrogens (tertiary/aromatic N) is 1. The van der Waals surface area contributed by atoms with Crippen LogP contribution in [-0.2, 0) is 4.79 Å². The maximum absolute atomic E-state index is 11.8. The summed E-state index contributed by atoms with van der Waals surface area (Å²) in [6, 6.07) is 3.74. The molecule has 1 aromatic heterocycles. The molecule has 0 radical (unpaired) electrons. The van der Waals surface area contributed by atoms with E-state index in [2.05, 4.69) is 10.3 Å². The van der Waals surface area contributed by atoms with Crippen molar-refractivity contribution >= 4 is 11.6 Å². The van der Waals surface area contributed by atoms with Crippen LogP contribution in [0.5, 0.6) is 0 Å². The van der Waals surface area contributed by atoms with Gasteiger partial charge >= 0.3 is 0 Å². The first-order valence-electron chi connectivity index (χ1n) is 6.96. The summed E-state index contributed by atoms with van der Waals surface area (Å²) in [4.78, 5) is 16.0. The molecule has 0 spiro atoms. The molecule has 2 rings (SSSR count). The summed E-state index contributed by atoms with van der Waals surface area (Å²) in [5.41, 5.74) is 1.79. The summed E-state index contributed by atoms with van der Waals surface area (Å²) >= 11 is 0. The Hall–Kier alpha value is -1.38. The Morgan fingerprint density at radius 2 is 2.17 bits per heavy atom. The highest BCUT2D eigenvalue weighted by Gasteiger charge is 2.14. The van der Waals surface area contributed by atoms with E-state index in [9.17, 15) is 4.79 Å². The first-order valence-corrected chi connectivity index (χ1v) is 6.96. The normalized spacial score (nSPS) is 16.5. The van der Waals surface area contributed by atoms with E-state index < -0.39 is 0 Å². The third-order valence-corrected chi connectivity index (χ3v) is 3.68. The number of anilines is 1. The van der Waals surface area contributed by atoms with Crippen molar-refractivity contribution in [3.63, 3.8) is 0 Å². The number of amides is 1. The predicted molar refractivity (Wildman–Crippen MR) is 73.4 cm³/mol. The number of carbonyl (C=O) groups is 1. The third kappa shape index (κ3) is 4.13. The summed E-state index contributed by atoms with van der Waals surface area (Å²) in [5.74, 6) is 0.898. The lowest BCUT2D eigenvalue weighted by atomic mass is 9.86. The Morgan fingerprint density at radius 1 is 1.39 bits per heavy atom. The van der Waals surface area contributed by atoms with Gasteiger partial charge in [0.1, 0.15) is 0 Å². The van der Waals surface area contributed by atoms with Crippen LogP contribution in [-0.4, -0.2) is 10.9 Å². The number of aryl methyl sites for hydroxylation is 1. The highest BCUT2D eigenvalue weighted by Crippen LogP contribution is 2.27. The minimum absolute atomic E-state index is 0.131. The molecule has 0 bridgehead atoms. The van der Waals surface area contributed by atoms with Crippen LogP contribution in [0.1, 0.15) is 50.6 Å². The number of rotatable bonds is 4. The fourth-order valence-corrected chi connectivity index (χ4v) is 2.66. The van der Waals surface area contributed by atoms with E-state index >= 15 is 0 Å². The maximum Gasteiger partial charge on any atom is 0.224 e. The lowest BCUT2D eigenvalue weighted by molar-refractivity contribution is -0.116. The molecule has 0 aromatic carbocycles. The predicted octanol–water partition coefficient (Wildman–Crippen LogP) is 3.69. The maximum atomic E-state index is 11.8. The van der Waals surface area contributed by atoms with Crippen LogP contribution < -0.4 is 5.32 Å². The smallest absolute Gasteiger partial charge is 0.224 e. The molecule has 1 N–H and O–H groups in total. The Balaban J connectivity index is 1.74. The standard InChI is InChI=1S/C15H22N2O/c1-12-11-14(9-10-16-12)17-15(18)8-7-13-5-3-2-4-6-13/h9-11,13H,2-8H2,1H3,(H,16,17,18). The van der Waals surface area contributed by atoms with E-state index in [-0.39, 0.29) is 5.91 Å². The van der Waals surface area contributed by atoms with E-state index in [1.165, 1.54) is 32.1 Å². The summed E-state index contributed by atoms with van der Waals surface area (Å²) in [6.45, 7) is 1.93. The zero-order valence-electron chi connectivity index (χ0n) is 11.1. The molecular formula is C15H22N2O. The van der Waals surface area contributed by atoms with Crippen molar-refractivity contribution in [2.75, 3.05) is 5.32 Å². The monoisotopic (exact) mass is 246 g/mol. The molecule has 0 aliphatic heterocycles. The van der Waals surface area contributed by atoms with Crippen LogP contribution in [0.2, 0.25) is 0 Å². The zero-order valence-corrected chi connectivity index (χ0v) is 11.1. The van der Waals surface area contributed by atoms with Gasteiger partial charge in [0.25, 0.3) is 0 Å². The Bertz CT molecular complexity index is 397. The molecule has 1 heterocycles. The number of carbonyl (C=O) groups excluding carboxylic acids is 1. The Morgan fingerprint density at radius 3 is 2.89 bits per heavy atom. The van der Waals surface area contributed by atoms with Crippen LogP contribution in [0.4, 0.5) is 5.69 Å². The van der Waals surface area contributed by atoms with Gasteiger partial charge < -0.3 is 5.32 Å². The van der Waals surface area contributed by atoms with Crippen molar-refractivity contribution in [1.82, 2.24) is 4.98 Å². The van der Waals surface area contributed by atoms with Crippen molar-refractivity contribution < 1.29 is 4.79 Å². The Labute approximate surface area is 109 Å². The molecule has 1 fully saturated rings. The van der Waals surface area contributed by atoms with Crippen LogP contribution in [0.25, 0.3) is 0 Å². The molecule has 3 heteroatoms. The second-order valence-electron chi connectivity index (χ2n) is 5.28. The van der Waals surface area contributed by atoms with E-state index in [1.54, 1.807) is 6.20 Å². The first kappa shape index (κ1) is 13.1. The SMILES string of the molecule is Cc1cc(NC(=O)CCC2CCCCC2)ccn1. The molecule has 1 aliphatic carbocycles. The number of hydrogen-bond donors (Lipinski definition) is 1. The van der Waals surface area contributed by atoms with Gasteiger partial charge in [0.15, 0.2) is 0 Å². The van der Waals surface area contributed by atoms with Gasteiger partial charge in [-0.15, -0.1) is 0 Å². The largest absolute Gasteiger partial charge is 0.326 e. The van der Waals surface area contributed by atoms with E-state index in [4.69, 9.17) is 0 Å². The van der Waals surface area contributed by atoms with Gasteiger partial charge in [-0.25, -0.2) is 0 Å². The van der Waals surface area contributed by atoms with Crippen molar-refractivity contribution in [2.24, 2.45) is 5.92 Å². The molecule has 3 nitrogen and oxygen atoms in total. The summed E-state index contributed by atoms with van der Waals surface area (Å²) < 4.78 is 0. The van der Waals surface area contributed by atoms with E-state index in [1.807, 2.05) is 19.1 Å². The summed E-state index contributed by atoms with van der Waals surface area (Å²) in [5, 5.41) is 2.94. The van der Waals surface area contributed by atoms with Gasteiger partial charge in [0, 0.05) is 24.0 Å². The average Bonchev–Trinajstić information content (AvgIpc) is 2.38. The summed E-state index contributed by atoms with van der Waals surface area (Å²) in [7, 11) is 0. The topological polar surface area (TPSA) is 42.0 Å². The number of nitrogens with one attached hydrogen (secondary N) is 1. The Kier molecular flexibility index (Phi) is 4.73. The van der Waals surface area contributed by atoms with Gasteiger partial charge in [0.05, 0.1) is 0 Å². The molecule has 18 heavy (non-hydrogen) atoms. The third-order valence-electron chi connectivity index (χ3n) is 3.68. The first-order chi connectivity index (χ1) is 8.74. The molecule has 0 atom stereocenters. The van der Waals surface area contributed by atoms with E-state index in [0.717, 1.165) is 23.7 Å². The highest BCUT2D eigenvalue weighted by molar-refractivity contribution is 5.90. The number of pyridine rings is 1. The average molecular weight is 246 g/mol. The summed E-state index contributed by atoms with van der Waals surface area (Å²) in [6.07, 6.45) is 10.1. The second kappa shape index (κ2) is 6.53. The molecule has 0 unspecified atom stereocenters. The molecule has 1 aromatic rings. The molecule has 1 aliphatic rings. The van der Waals surface area contributed by atoms with Crippen LogP contribution >= 0.6 is 0 Å². The molecule has 1 saturated carbocycles. The number of hydrogen-bond acceptors (Lipinski definition) is 2. The lowest BCUT2D eigenvalue weighted by Gasteiger charge is -2.20. The van der Waals surface area contributed by atoms with Crippen LogP contribution in [0.3, 0.4) is 0 Å². The van der Waals surface area contributed by atoms with Crippen LogP contribution in [0.15, 0.2) is 18.3 Å². The fraction of sp³-hybridized carbons (Fsp3) is 0.600. The molecule has 0 saturated heterocycles. The van der Waals surface area contributed by atoms with Crippen molar-refractivity contribution in [3.8, 4) is 0 Å². The van der Waals surface area contributed by atoms with Crippen molar-refractivity contribution in [2.45, 2.75) is 51.9 Å². The molecule has 98 valence electrons. The van der Waals surface area contributed by atoms with Gasteiger partial charge in [-0.05, 0) is 31.4 Å². The minimum Gasteiger partial charge on any atom is -0.326 e.